The Morgan fingerprint density at radius 2 is 2.24 bits per heavy atom. The van der Waals surface area contributed by atoms with Gasteiger partial charge in [-0.05, 0) is 38.3 Å². The van der Waals surface area contributed by atoms with Crippen LogP contribution in [0, 0.1) is 5.92 Å². The number of imidazole rings is 1. The zero-order valence-corrected chi connectivity index (χ0v) is 12.4. The van der Waals surface area contributed by atoms with Crippen molar-refractivity contribution in [1.82, 2.24) is 24.6 Å². The summed E-state index contributed by atoms with van der Waals surface area (Å²) in [4.78, 5) is 4.41. The standard InChI is InChI=1S/C15H22N6/c1-20-8-7-18-15(20)12-9-14-17-6-4-13(21(14)19-12)11-3-2-5-16-10-11/h7-9,11,13,16-17H,2-6,10H2,1H3. The molecule has 112 valence electrons. The smallest absolute Gasteiger partial charge is 0.160 e. The Kier molecular flexibility index (Phi) is 3.18. The Labute approximate surface area is 124 Å². The summed E-state index contributed by atoms with van der Waals surface area (Å²) in [5.74, 6) is 2.75. The molecule has 4 rings (SSSR count). The van der Waals surface area contributed by atoms with Crippen LogP contribution in [0.1, 0.15) is 25.3 Å². The lowest BCUT2D eigenvalue weighted by Gasteiger charge is -2.34. The third-order valence-corrected chi connectivity index (χ3v) is 4.73. The third kappa shape index (κ3) is 2.23. The lowest BCUT2D eigenvalue weighted by Crippen LogP contribution is -2.38. The molecule has 2 aliphatic rings. The normalized spacial score (nSPS) is 25.4. The molecule has 2 unspecified atom stereocenters. The second kappa shape index (κ2) is 5.18. The van der Waals surface area contributed by atoms with Crippen molar-refractivity contribution in [2.75, 3.05) is 25.0 Å². The molecule has 0 radical (unpaired) electrons. The van der Waals surface area contributed by atoms with Crippen molar-refractivity contribution < 1.29 is 0 Å². The maximum atomic E-state index is 4.85. The maximum absolute atomic E-state index is 4.85. The maximum Gasteiger partial charge on any atom is 0.160 e. The Bertz CT molecular complexity index is 622. The zero-order valence-electron chi connectivity index (χ0n) is 12.4. The quantitative estimate of drug-likeness (QED) is 0.881. The molecule has 0 saturated carbocycles. The van der Waals surface area contributed by atoms with E-state index >= 15 is 0 Å². The Morgan fingerprint density at radius 3 is 3.00 bits per heavy atom. The monoisotopic (exact) mass is 286 g/mol. The summed E-state index contributed by atoms with van der Waals surface area (Å²) in [6.45, 7) is 3.31. The molecule has 4 heterocycles. The number of nitrogens with zero attached hydrogens (tertiary/aromatic N) is 4. The van der Waals surface area contributed by atoms with Crippen LogP contribution in [0.3, 0.4) is 0 Å². The Balaban J connectivity index is 1.68. The molecule has 1 fully saturated rings. The van der Waals surface area contributed by atoms with Crippen molar-refractivity contribution >= 4 is 5.82 Å². The van der Waals surface area contributed by atoms with Crippen LogP contribution in [0.4, 0.5) is 5.82 Å². The van der Waals surface area contributed by atoms with Crippen molar-refractivity contribution in [2.45, 2.75) is 25.3 Å². The van der Waals surface area contributed by atoms with Crippen molar-refractivity contribution in [3.63, 3.8) is 0 Å². The molecule has 2 aromatic heterocycles. The van der Waals surface area contributed by atoms with E-state index in [1.807, 2.05) is 24.0 Å². The molecule has 6 nitrogen and oxygen atoms in total. The fourth-order valence-electron chi connectivity index (χ4n) is 3.61. The van der Waals surface area contributed by atoms with Crippen LogP contribution in [-0.2, 0) is 7.05 Å². The first kappa shape index (κ1) is 12.9. The predicted molar refractivity (Wildman–Crippen MR) is 82.2 cm³/mol. The lowest BCUT2D eigenvalue weighted by atomic mass is 9.89. The summed E-state index contributed by atoms with van der Waals surface area (Å²) in [5.41, 5.74) is 0.959. The second-order valence-electron chi connectivity index (χ2n) is 6.11. The zero-order chi connectivity index (χ0) is 14.2. The van der Waals surface area contributed by atoms with E-state index < -0.39 is 0 Å². The summed E-state index contributed by atoms with van der Waals surface area (Å²) in [6.07, 6.45) is 7.51. The van der Waals surface area contributed by atoms with Gasteiger partial charge in [-0.2, -0.15) is 5.10 Å². The van der Waals surface area contributed by atoms with Gasteiger partial charge in [0.15, 0.2) is 5.82 Å². The van der Waals surface area contributed by atoms with Crippen molar-refractivity contribution in [1.29, 1.82) is 0 Å². The second-order valence-corrected chi connectivity index (χ2v) is 6.11. The molecule has 2 aliphatic heterocycles. The molecular formula is C15H22N6. The van der Waals surface area contributed by atoms with Gasteiger partial charge in [0, 0.05) is 32.1 Å². The first-order chi connectivity index (χ1) is 10.3. The summed E-state index contributed by atoms with van der Waals surface area (Å²) in [7, 11) is 2.01. The molecule has 2 aromatic rings. The van der Waals surface area contributed by atoms with E-state index in [-0.39, 0.29) is 0 Å². The van der Waals surface area contributed by atoms with Gasteiger partial charge in [0.1, 0.15) is 11.5 Å². The first-order valence-corrected chi connectivity index (χ1v) is 7.85. The topological polar surface area (TPSA) is 59.7 Å². The number of nitrogens with one attached hydrogen (secondary N) is 2. The first-order valence-electron chi connectivity index (χ1n) is 7.85. The minimum absolute atomic E-state index is 0.503. The number of anilines is 1. The van der Waals surface area contributed by atoms with E-state index in [1.165, 1.54) is 12.8 Å². The summed E-state index contributed by atoms with van der Waals surface area (Å²) < 4.78 is 4.22. The van der Waals surface area contributed by atoms with Crippen LogP contribution in [-0.4, -0.2) is 39.0 Å². The van der Waals surface area contributed by atoms with E-state index in [9.17, 15) is 0 Å². The van der Waals surface area contributed by atoms with Gasteiger partial charge in [0.25, 0.3) is 0 Å². The fraction of sp³-hybridized carbons (Fsp3) is 0.600. The molecule has 0 amide bonds. The Hall–Kier alpha value is -1.82. The molecule has 2 atom stereocenters. The van der Waals surface area contributed by atoms with Crippen molar-refractivity contribution in [3.05, 3.63) is 18.5 Å². The molecule has 0 aliphatic carbocycles. The van der Waals surface area contributed by atoms with E-state index in [1.54, 1.807) is 0 Å². The fourth-order valence-corrected chi connectivity index (χ4v) is 3.61. The van der Waals surface area contributed by atoms with Gasteiger partial charge in [-0.25, -0.2) is 9.67 Å². The molecular weight excluding hydrogens is 264 g/mol. The summed E-state index contributed by atoms with van der Waals surface area (Å²) >= 11 is 0. The van der Waals surface area contributed by atoms with Crippen LogP contribution in [0.2, 0.25) is 0 Å². The highest BCUT2D eigenvalue weighted by Crippen LogP contribution is 2.34. The van der Waals surface area contributed by atoms with Gasteiger partial charge in [0.05, 0.1) is 6.04 Å². The number of aromatic nitrogens is 4. The van der Waals surface area contributed by atoms with Gasteiger partial charge in [-0.1, -0.05) is 0 Å². The number of fused-ring (bicyclic) bond motifs is 1. The van der Waals surface area contributed by atoms with Gasteiger partial charge < -0.3 is 15.2 Å². The highest BCUT2D eigenvalue weighted by Gasteiger charge is 2.30. The molecule has 2 N–H and O–H groups in total. The Morgan fingerprint density at radius 1 is 1.29 bits per heavy atom. The minimum Gasteiger partial charge on any atom is -0.370 e. The highest BCUT2D eigenvalue weighted by molar-refractivity contribution is 5.57. The molecule has 6 heteroatoms. The predicted octanol–water partition coefficient (Wildman–Crippen LogP) is 1.64. The van der Waals surface area contributed by atoms with Crippen LogP contribution >= 0.6 is 0 Å². The SMILES string of the molecule is Cn1ccnc1-c1cc2n(n1)C(C1CCCNC1)CCN2. The molecule has 0 aromatic carbocycles. The number of rotatable bonds is 2. The average Bonchev–Trinajstić information content (AvgIpc) is 3.13. The van der Waals surface area contributed by atoms with E-state index in [2.05, 4.69) is 26.4 Å². The number of hydrogen-bond donors (Lipinski definition) is 2. The number of piperidine rings is 1. The number of aryl methyl sites for hydroxylation is 1. The summed E-state index contributed by atoms with van der Waals surface area (Å²) in [6, 6.07) is 2.63. The molecule has 0 spiro atoms. The van der Waals surface area contributed by atoms with Crippen LogP contribution in [0.25, 0.3) is 11.5 Å². The minimum atomic E-state index is 0.503. The molecule has 1 saturated heterocycles. The van der Waals surface area contributed by atoms with Gasteiger partial charge in [-0.15, -0.1) is 0 Å². The third-order valence-electron chi connectivity index (χ3n) is 4.73. The largest absolute Gasteiger partial charge is 0.370 e. The van der Waals surface area contributed by atoms with E-state index in [4.69, 9.17) is 5.10 Å². The van der Waals surface area contributed by atoms with Gasteiger partial charge in [-0.3, -0.25) is 0 Å². The molecule has 0 bridgehead atoms. The lowest BCUT2D eigenvalue weighted by molar-refractivity contribution is 0.236. The van der Waals surface area contributed by atoms with E-state index in [0.717, 1.165) is 43.4 Å². The van der Waals surface area contributed by atoms with Gasteiger partial charge in [0.2, 0.25) is 0 Å². The van der Waals surface area contributed by atoms with Crippen molar-refractivity contribution in [3.8, 4) is 11.5 Å². The number of hydrogen-bond acceptors (Lipinski definition) is 4. The average molecular weight is 286 g/mol. The van der Waals surface area contributed by atoms with Crippen LogP contribution < -0.4 is 10.6 Å². The molecule has 21 heavy (non-hydrogen) atoms. The van der Waals surface area contributed by atoms with Gasteiger partial charge >= 0.3 is 0 Å². The summed E-state index contributed by atoms with van der Waals surface area (Å²) in [5, 5.41) is 11.9. The van der Waals surface area contributed by atoms with Crippen molar-refractivity contribution in [2.24, 2.45) is 13.0 Å². The van der Waals surface area contributed by atoms with Crippen LogP contribution in [0.15, 0.2) is 18.5 Å². The van der Waals surface area contributed by atoms with Crippen LogP contribution in [0.5, 0.6) is 0 Å². The van der Waals surface area contributed by atoms with E-state index in [0.29, 0.717) is 12.0 Å². The highest BCUT2D eigenvalue weighted by atomic mass is 15.4.